The van der Waals surface area contributed by atoms with Gasteiger partial charge in [0.25, 0.3) is 0 Å². The molecule has 2 N–H and O–H groups in total. The summed E-state index contributed by atoms with van der Waals surface area (Å²) >= 11 is 0. The summed E-state index contributed by atoms with van der Waals surface area (Å²) in [6, 6.07) is 10.3. The summed E-state index contributed by atoms with van der Waals surface area (Å²) < 4.78 is 0. The molecule has 0 spiro atoms. The molecule has 1 aliphatic heterocycles. The van der Waals surface area contributed by atoms with Gasteiger partial charge in [0.15, 0.2) is 5.96 Å². The minimum atomic E-state index is 0.545. The third-order valence-corrected chi connectivity index (χ3v) is 4.08. The number of nitrogens with zero attached hydrogens (tertiary/aromatic N) is 3. The molecule has 0 bridgehead atoms. The molecule has 0 saturated carbocycles. The molecule has 21 heavy (non-hydrogen) atoms. The molecule has 1 aromatic carbocycles. The summed E-state index contributed by atoms with van der Waals surface area (Å²) in [5, 5.41) is 2.36. The Kier molecular flexibility index (Phi) is 4.34. The normalized spacial score (nSPS) is 17.0. The van der Waals surface area contributed by atoms with Gasteiger partial charge in [0.05, 0.1) is 12.2 Å². The second-order valence-electron chi connectivity index (χ2n) is 5.55. The molecular weight excluding hydrogens is 260 g/mol. The highest BCUT2D eigenvalue weighted by molar-refractivity contribution is 5.84. The summed E-state index contributed by atoms with van der Waals surface area (Å²) in [6.45, 7) is 2.60. The molecule has 4 nitrogen and oxygen atoms in total. The number of aromatic nitrogens is 1. The van der Waals surface area contributed by atoms with Crippen LogP contribution in [-0.4, -0.2) is 28.9 Å². The predicted octanol–water partition coefficient (Wildman–Crippen LogP) is 2.93. The fourth-order valence-electron chi connectivity index (χ4n) is 2.86. The van der Waals surface area contributed by atoms with Crippen molar-refractivity contribution in [1.29, 1.82) is 0 Å². The number of likely N-dealkylation sites (tertiary alicyclic amines) is 1. The molecule has 4 heteroatoms. The van der Waals surface area contributed by atoms with Gasteiger partial charge >= 0.3 is 0 Å². The number of hydrogen-bond donors (Lipinski definition) is 1. The van der Waals surface area contributed by atoms with Gasteiger partial charge in [-0.1, -0.05) is 37.1 Å². The van der Waals surface area contributed by atoms with E-state index in [4.69, 9.17) is 5.73 Å². The third kappa shape index (κ3) is 3.32. The molecule has 1 aromatic heterocycles. The highest BCUT2D eigenvalue weighted by atomic mass is 15.2. The van der Waals surface area contributed by atoms with Crippen LogP contribution in [0.25, 0.3) is 10.8 Å². The fourth-order valence-corrected chi connectivity index (χ4v) is 2.86. The molecule has 1 fully saturated rings. The van der Waals surface area contributed by atoms with Gasteiger partial charge < -0.3 is 10.6 Å². The Morgan fingerprint density at radius 1 is 1.10 bits per heavy atom. The first-order valence-corrected chi connectivity index (χ1v) is 7.72. The van der Waals surface area contributed by atoms with Gasteiger partial charge in [-0.2, -0.15) is 0 Å². The average Bonchev–Trinajstić information content (AvgIpc) is 2.82. The Morgan fingerprint density at radius 3 is 2.67 bits per heavy atom. The van der Waals surface area contributed by atoms with Crippen molar-refractivity contribution in [3.63, 3.8) is 0 Å². The van der Waals surface area contributed by atoms with Crippen molar-refractivity contribution in [1.82, 2.24) is 9.88 Å². The lowest BCUT2D eigenvalue weighted by molar-refractivity contribution is 0.428. The van der Waals surface area contributed by atoms with Gasteiger partial charge in [-0.25, -0.2) is 4.99 Å². The van der Waals surface area contributed by atoms with E-state index in [9.17, 15) is 0 Å². The van der Waals surface area contributed by atoms with E-state index in [1.165, 1.54) is 31.1 Å². The highest BCUT2D eigenvalue weighted by Crippen LogP contribution is 2.17. The van der Waals surface area contributed by atoms with Crippen molar-refractivity contribution in [2.75, 3.05) is 13.1 Å². The van der Waals surface area contributed by atoms with E-state index >= 15 is 0 Å². The van der Waals surface area contributed by atoms with Crippen LogP contribution in [0.5, 0.6) is 0 Å². The van der Waals surface area contributed by atoms with Gasteiger partial charge in [-0.05, 0) is 24.3 Å². The highest BCUT2D eigenvalue weighted by Gasteiger charge is 2.11. The molecule has 110 valence electrons. The Morgan fingerprint density at radius 2 is 1.86 bits per heavy atom. The minimum absolute atomic E-state index is 0.545. The van der Waals surface area contributed by atoms with Gasteiger partial charge in [0.2, 0.25) is 0 Å². The topological polar surface area (TPSA) is 54.5 Å². The van der Waals surface area contributed by atoms with E-state index < -0.39 is 0 Å². The van der Waals surface area contributed by atoms with Gasteiger partial charge in [-0.3, -0.25) is 4.98 Å². The van der Waals surface area contributed by atoms with Crippen LogP contribution in [0.2, 0.25) is 0 Å². The van der Waals surface area contributed by atoms with Crippen LogP contribution < -0.4 is 5.73 Å². The van der Waals surface area contributed by atoms with Crippen LogP contribution in [0.4, 0.5) is 0 Å². The maximum atomic E-state index is 6.16. The number of rotatable bonds is 2. The molecule has 0 aliphatic carbocycles. The molecule has 0 atom stereocenters. The summed E-state index contributed by atoms with van der Waals surface area (Å²) in [6.07, 6.45) is 6.87. The zero-order chi connectivity index (χ0) is 14.5. The molecule has 0 unspecified atom stereocenters. The number of fused-ring (bicyclic) bond motifs is 1. The van der Waals surface area contributed by atoms with Crippen molar-refractivity contribution in [2.45, 2.75) is 32.2 Å². The standard InChI is InChI=1S/C17H22N4/c18-17(21-11-5-1-2-6-12-21)20-13-16-15-8-4-3-7-14(15)9-10-19-16/h3-4,7-10H,1-2,5-6,11-13H2,(H2,18,20). The van der Waals surface area contributed by atoms with Crippen LogP contribution in [0.3, 0.4) is 0 Å². The summed E-state index contributed by atoms with van der Waals surface area (Å²) in [5.41, 5.74) is 7.15. The number of benzene rings is 1. The van der Waals surface area contributed by atoms with Crippen LogP contribution in [-0.2, 0) is 6.54 Å². The van der Waals surface area contributed by atoms with Crippen molar-refractivity contribution in [3.05, 3.63) is 42.2 Å². The Hall–Kier alpha value is -2.10. The molecule has 3 rings (SSSR count). The number of pyridine rings is 1. The van der Waals surface area contributed by atoms with Crippen molar-refractivity contribution in [2.24, 2.45) is 10.7 Å². The molecule has 2 aromatic rings. The number of aliphatic imine (C=N–C) groups is 1. The number of hydrogen-bond acceptors (Lipinski definition) is 2. The summed E-state index contributed by atoms with van der Waals surface area (Å²) in [5.74, 6) is 0.659. The van der Waals surface area contributed by atoms with Crippen LogP contribution in [0.15, 0.2) is 41.5 Å². The van der Waals surface area contributed by atoms with E-state index in [0.29, 0.717) is 12.5 Å². The molecule has 1 saturated heterocycles. The van der Waals surface area contributed by atoms with Gasteiger partial charge in [0.1, 0.15) is 0 Å². The first-order chi connectivity index (χ1) is 10.3. The Bertz CT molecular complexity index is 622. The molecule has 0 amide bonds. The maximum Gasteiger partial charge on any atom is 0.191 e. The molecular formula is C17H22N4. The number of guanidine groups is 1. The summed E-state index contributed by atoms with van der Waals surface area (Å²) in [4.78, 5) is 11.2. The second kappa shape index (κ2) is 6.57. The molecule has 2 heterocycles. The van der Waals surface area contributed by atoms with Crippen LogP contribution in [0.1, 0.15) is 31.4 Å². The lowest BCUT2D eigenvalue weighted by Crippen LogP contribution is -2.38. The van der Waals surface area contributed by atoms with E-state index in [-0.39, 0.29) is 0 Å². The van der Waals surface area contributed by atoms with Crippen LogP contribution >= 0.6 is 0 Å². The van der Waals surface area contributed by atoms with Crippen molar-refractivity contribution >= 4 is 16.7 Å². The van der Waals surface area contributed by atoms with Gasteiger partial charge in [0, 0.05) is 24.7 Å². The fraction of sp³-hybridized carbons (Fsp3) is 0.412. The van der Waals surface area contributed by atoms with E-state index in [2.05, 4.69) is 27.0 Å². The molecule has 1 aliphatic rings. The quantitative estimate of drug-likeness (QED) is 0.680. The van der Waals surface area contributed by atoms with E-state index in [1.54, 1.807) is 0 Å². The average molecular weight is 282 g/mol. The smallest absolute Gasteiger partial charge is 0.191 e. The monoisotopic (exact) mass is 282 g/mol. The maximum absolute atomic E-state index is 6.16. The van der Waals surface area contributed by atoms with Crippen molar-refractivity contribution in [3.8, 4) is 0 Å². The van der Waals surface area contributed by atoms with Crippen LogP contribution in [0, 0.1) is 0 Å². The largest absolute Gasteiger partial charge is 0.370 e. The van der Waals surface area contributed by atoms with E-state index in [0.717, 1.165) is 24.2 Å². The first kappa shape index (κ1) is 13.9. The lowest BCUT2D eigenvalue weighted by atomic mass is 10.1. The van der Waals surface area contributed by atoms with Crippen molar-refractivity contribution < 1.29 is 0 Å². The zero-order valence-corrected chi connectivity index (χ0v) is 12.3. The Balaban J connectivity index is 1.77. The SMILES string of the molecule is NC(=NCc1nccc2ccccc12)N1CCCCCC1. The molecule has 0 radical (unpaired) electrons. The predicted molar refractivity (Wildman–Crippen MR) is 87.1 cm³/mol. The second-order valence-corrected chi connectivity index (χ2v) is 5.55. The Labute approximate surface area is 125 Å². The lowest BCUT2D eigenvalue weighted by Gasteiger charge is -2.21. The van der Waals surface area contributed by atoms with Gasteiger partial charge in [-0.15, -0.1) is 0 Å². The third-order valence-electron chi connectivity index (χ3n) is 4.08. The van der Waals surface area contributed by atoms with E-state index in [1.807, 2.05) is 24.4 Å². The minimum Gasteiger partial charge on any atom is -0.370 e. The first-order valence-electron chi connectivity index (χ1n) is 7.72. The summed E-state index contributed by atoms with van der Waals surface area (Å²) in [7, 11) is 0. The number of nitrogens with two attached hydrogens (primary N) is 1. The zero-order valence-electron chi connectivity index (χ0n) is 12.3.